The van der Waals surface area contributed by atoms with E-state index < -0.39 is 25.4 Å². The second-order valence-electron chi connectivity index (χ2n) is 8.96. The molecule has 14 nitrogen and oxygen atoms in total. The summed E-state index contributed by atoms with van der Waals surface area (Å²) < 4.78 is 54.0. The molecule has 0 fully saturated rings. The number of ether oxygens (including phenoxy) is 2. The largest absolute Gasteiger partial charge is 0.497 e. The number of nitrogens with zero attached hydrogens (tertiary/aromatic N) is 3. The van der Waals surface area contributed by atoms with Crippen molar-refractivity contribution in [2.45, 2.75) is 19.4 Å². The van der Waals surface area contributed by atoms with Gasteiger partial charge in [0.15, 0.2) is 17.5 Å². The topological polar surface area (TPSA) is 193 Å². The van der Waals surface area contributed by atoms with Crippen molar-refractivity contribution in [3.05, 3.63) is 60.1 Å². The highest BCUT2D eigenvalue weighted by Crippen LogP contribution is 2.36. The van der Waals surface area contributed by atoms with Crippen LogP contribution in [0.4, 0.5) is 26.1 Å². The highest BCUT2D eigenvalue weighted by Gasteiger charge is 2.17. The van der Waals surface area contributed by atoms with Crippen molar-refractivity contribution in [2.24, 2.45) is 0 Å². The number of methoxy groups -OCH3 is 1. The molecule has 0 unspecified atom stereocenters. The number of carbonyl (C=O) groups excluding carboxylic acids is 1. The predicted octanol–water partition coefficient (Wildman–Crippen LogP) is 3.03. The van der Waals surface area contributed by atoms with E-state index in [9.17, 15) is 18.1 Å². The van der Waals surface area contributed by atoms with Gasteiger partial charge in [0, 0.05) is 36.5 Å². The number of halogens is 2. The van der Waals surface area contributed by atoms with Crippen LogP contribution in [0.2, 0.25) is 0 Å². The lowest BCUT2D eigenvalue weighted by molar-refractivity contribution is -0.115. The van der Waals surface area contributed by atoms with Crippen molar-refractivity contribution in [3.63, 3.8) is 0 Å². The molecule has 0 aliphatic carbocycles. The van der Waals surface area contributed by atoms with Crippen LogP contribution in [0.3, 0.4) is 0 Å². The van der Waals surface area contributed by atoms with Gasteiger partial charge in [-0.25, -0.2) is 23.3 Å². The molecule has 224 valence electrons. The summed E-state index contributed by atoms with van der Waals surface area (Å²) in [6, 6.07) is 8.05. The van der Waals surface area contributed by atoms with Crippen LogP contribution < -0.4 is 25.4 Å². The van der Waals surface area contributed by atoms with E-state index in [1.807, 2.05) is 0 Å². The summed E-state index contributed by atoms with van der Waals surface area (Å²) in [5, 5.41) is 15.8. The predicted molar refractivity (Wildman–Crippen MR) is 148 cm³/mol. The minimum atomic E-state index is -4.56. The van der Waals surface area contributed by atoms with Crippen LogP contribution in [-0.4, -0.2) is 68.8 Å². The second kappa shape index (κ2) is 13.6. The van der Waals surface area contributed by atoms with E-state index in [-0.39, 0.29) is 31.4 Å². The Morgan fingerprint density at radius 1 is 1.19 bits per heavy atom. The van der Waals surface area contributed by atoms with Gasteiger partial charge in [0.25, 0.3) is 0 Å². The molecule has 0 saturated heterocycles. The van der Waals surface area contributed by atoms with Gasteiger partial charge in [0.2, 0.25) is 5.91 Å². The Balaban J connectivity index is 1.44. The average Bonchev–Trinajstić information content (AvgIpc) is 3.38. The van der Waals surface area contributed by atoms with Crippen molar-refractivity contribution < 1.29 is 41.9 Å². The van der Waals surface area contributed by atoms with Gasteiger partial charge >= 0.3 is 7.82 Å². The summed E-state index contributed by atoms with van der Waals surface area (Å²) in [6.07, 6.45) is 1.15. The fraction of sp³-hybridized carbons (Fsp3) is 0.280. The lowest BCUT2D eigenvalue weighted by Gasteiger charge is -2.16. The molecule has 42 heavy (non-hydrogen) atoms. The van der Waals surface area contributed by atoms with Gasteiger partial charge in [0.05, 0.1) is 36.7 Å². The normalized spacial score (nSPS) is 12.2. The van der Waals surface area contributed by atoms with Gasteiger partial charge in [-0.3, -0.25) is 14.4 Å². The van der Waals surface area contributed by atoms with Crippen LogP contribution in [0.5, 0.6) is 11.5 Å². The average molecular weight is 608 g/mol. The number of fused-ring (bicyclic) bond motifs is 1. The quantitative estimate of drug-likeness (QED) is 0.0908. The first kappa shape index (κ1) is 30.7. The first-order chi connectivity index (χ1) is 20.0. The molecule has 0 spiro atoms. The molecule has 1 amide bonds. The lowest BCUT2D eigenvalue weighted by atomic mass is 10.2. The summed E-state index contributed by atoms with van der Waals surface area (Å²) in [4.78, 5) is 38.7. The van der Waals surface area contributed by atoms with E-state index in [0.29, 0.717) is 46.3 Å². The molecule has 2 aromatic heterocycles. The maximum atomic E-state index is 13.9. The number of phosphoric acid groups is 1. The molecule has 0 saturated carbocycles. The third-order valence-corrected chi connectivity index (χ3v) is 6.20. The molecule has 2 heterocycles. The Labute approximate surface area is 238 Å². The van der Waals surface area contributed by atoms with Crippen LogP contribution in [0.1, 0.15) is 12.6 Å². The van der Waals surface area contributed by atoms with Crippen LogP contribution in [0, 0.1) is 11.6 Å². The zero-order chi connectivity index (χ0) is 30.3. The first-order valence-corrected chi connectivity index (χ1v) is 14.0. The monoisotopic (exact) mass is 607 g/mol. The van der Waals surface area contributed by atoms with Gasteiger partial charge in [0.1, 0.15) is 30.3 Å². The van der Waals surface area contributed by atoms with Gasteiger partial charge in [-0.1, -0.05) is 6.07 Å². The molecule has 1 atom stereocenters. The van der Waals surface area contributed by atoms with Crippen molar-refractivity contribution >= 4 is 42.0 Å². The van der Waals surface area contributed by atoms with E-state index >= 15 is 0 Å². The fourth-order valence-electron chi connectivity index (χ4n) is 3.80. The van der Waals surface area contributed by atoms with Crippen LogP contribution in [0.15, 0.2) is 42.7 Å². The molecule has 17 heteroatoms. The third-order valence-electron chi connectivity index (χ3n) is 5.71. The number of hydrogen-bond acceptors (Lipinski definition) is 10. The second-order valence-corrected chi connectivity index (χ2v) is 10.2. The number of phosphoric ester groups is 1. The first-order valence-electron chi connectivity index (χ1n) is 12.5. The molecule has 0 bridgehead atoms. The number of H-pyrrole nitrogens is 1. The zero-order valence-corrected chi connectivity index (χ0v) is 23.3. The van der Waals surface area contributed by atoms with Gasteiger partial charge in [-0.05, 0) is 19.1 Å². The summed E-state index contributed by atoms with van der Waals surface area (Å²) in [5.41, 5.74) is 0.629. The van der Waals surface area contributed by atoms with E-state index in [2.05, 4.69) is 40.6 Å². The molecule has 2 aromatic carbocycles. The summed E-state index contributed by atoms with van der Waals surface area (Å²) >= 11 is 0. The number of aromatic amines is 1. The number of nitrogens with one attached hydrogen (secondary N) is 4. The Kier molecular flexibility index (Phi) is 9.98. The standard InChI is InChI=1S/C25H28F2N7O7P/c1-14(12-41-42(36,37)38)28-6-7-40-20-11-16(39-2)10-19-23(20)25(30-13-29-19)32-21-8-15(33-34-21)9-22(35)31-18-5-3-4-17(26)24(18)27/h3-5,8,10-11,13-14,28H,6-7,9,12H2,1-2H3,(H,31,35)(H2,36,37,38)(H2,29,30,32,33,34)/t14-/m0/s1. The number of hydrogen-bond donors (Lipinski definition) is 6. The van der Waals surface area contributed by atoms with Crippen molar-refractivity contribution in [1.82, 2.24) is 25.5 Å². The van der Waals surface area contributed by atoms with E-state index in [4.69, 9.17) is 19.3 Å². The van der Waals surface area contributed by atoms with Crippen LogP contribution >= 0.6 is 7.82 Å². The molecule has 0 aliphatic rings. The van der Waals surface area contributed by atoms with Crippen molar-refractivity contribution in [2.75, 3.05) is 37.5 Å². The number of aromatic nitrogens is 4. The van der Waals surface area contributed by atoms with Crippen LogP contribution in [-0.2, 0) is 20.3 Å². The minimum Gasteiger partial charge on any atom is -0.497 e. The smallest absolute Gasteiger partial charge is 0.469 e. The molecular weight excluding hydrogens is 579 g/mol. The van der Waals surface area contributed by atoms with Gasteiger partial charge in [-0.2, -0.15) is 5.10 Å². The molecule has 6 N–H and O–H groups in total. The molecule has 0 radical (unpaired) electrons. The maximum absolute atomic E-state index is 13.9. The van der Waals surface area contributed by atoms with Gasteiger partial charge in [-0.15, -0.1) is 0 Å². The van der Waals surface area contributed by atoms with Gasteiger partial charge < -0.3 is 35.2 Å². The third kappa shape index (κ3) is 8.41. The molecule has 4 aromatic rings. The number of anilines is 3. The number of benzene rings is 2. The van der Waals surface area contributed by atoms with Crippen molar-refractivity contribution in [3.8, 4) is 11.5 Å². The highest BCUT2D eigenvalue weighted by atomic mass is 31.2. The Hall–Kier alpha value is -4.21. The maximum Gasteiger partial charge on any atom is 0.469 e. The highest BCUT2D eigenvalue weighted by molar-refractivity contribution is 7.46. The minimum absolute atomic E-state index is 0.171. The number of carbonyl (C=O) groups is 1. The summed E-state index contributed by atoms with van der Waals surface area (Å²) in [7, 11) is -3.06. The van der Waals surface area contributed by atoms with E-state index in [1.54, 1.807) is 25.1 Å². The summed E-state index contributed by atoms with van der Waals surface area (Å²) in [6.45, 7) is 2.01. The number of amides is 1. The fourth-order valence-corrected chi connectivity index (χ4v) is 4.21. The van der Waals surface area contributed by atoms with E-state index in [1.165, 1.54) is 25.6 Å². The van der Waals surface area contributed by atoms with Crippen LogP contribution in [0.25, 0.3) is 10.9 Å². The Morgan fingerprint density at radius 3 is 2.76 bits per heavy atom. The zero-order valence-electron chi connectivity index (χ0n) is 22.4. The molecular formula is C25H28F2N7O7P. The Morgan fingerprint density at radius 2 is 2.00 bits per heavy atom. The number of rotatable bonds is 14. The summed E-state index contributed by atoms with van der Waals surface area (Å²) in [5.74, 6) is -1.27. The lowest BCUT2D eigenvalue weighted by Crippen LogP contribution is -2.33. The molecule has 0 aliphatic heterocycles. The van der Waals surface area contributed by atoms with Crippen molar-refractivity contribution in [1.29, 1.82) is 0 Å². The molecule has 4 rings (SSSR count). The Bertz CT molecular complexity index is 1600. The SMILES string of the molecule is COc1cc(OCCN[C@@H](C)COP(=O)(O)O)c2c(Nc3cc(CC(=O)Nc4cccc(F)c4F)[nH]n3)ncnc2c1. The van der Waals surface area contributed by atoms with E-state index in [0.717, 1.165) is 6.07 Å².